The van der Waals surface area contributed by atoms with Gasteiger partial charge in [0.05, 0.1) is 32.0 Å². The van der Waals surface area contributed by atoms with Crippen molar-refractivity contribution in [1.29, 1.82) is 0 Å². The third kappa shape index (κ3) is 15.0. The number of nitrogens with zero attached hydrogens (tertiary/aromatic N) is 1. The molecule has 2 saturated heterocycles. The van der Waals surface area contributed by atoms with Gasteiger partial charge in [-0.1, -0.05) is 45.4 Å². The third-order valence-corrected chi connectivity index (χ3v) is 11.3. The predicted octanol–water partition coefficient (Wildman–Crippen LogP) is -0.0899. The lowest BCUT2D eigenvalue weighted by Crippen LogP contribution is -2.67. The highest BCUT2D eigenvalue weighted by Crippen LogP contribution is 2.33. The van der Waals surface area contributed by atoms with E-state index in [0.717, 1.165) is 38.5 Å². The van der Waals surface area contributed by atoms with Crippen molar-refractivity contribution in [2.24, 2.45) is 23.5 Å². The van der Waals surface area contributed by atoms with Crippen LogP contribution in [0.2, 0.25) is 0 Å². The number of carbonyl (C=O) groups excluding carboxylic acids is 3. The molecule has 2 aliphatic heterocycles. The fourth-order valence-corrected chi connectivity index (χ4v) is 7.81. The second kappa shape index (κ2) is 24.8. The lowest BCUT2D eigenvalue weighted by Gasteiger charge is -2.46. The molecule has 17 nitrogen and oxygen atoms in total. The molecule has 56 heavy (non-hydrogen) atoms. The predicted molar refractivity (Wildman–Crippen MR) is 205 cm³/mol. The summed E-state index contributed by atoms with van der Waals surface area (Å²) in [6.45, 7) is 9.11. The summed E-state index contributed by atoms with van der Waals surface area (Å²) in [5, 5.41) is 56.5. The number of ether oxygens (including phenoxy) is 5. The van der Waals surface area contributed by atoms with Crippen molar-refractivity contribution in [3.8, 4) is 0 Å². The maximum atomic E-state index is 13.7. The molecule has 0 spiro atoms. The number of rotatable bonds is 25. The number of aliphatic hydroxyl groups excluding tert-OH is 5. The van der Waals surface area contributed by atoms with Gasteiger partial charge in [-0.15, -0.1) is 0 Å². The van der Waals surface area contributed by atoms with E-state index in [9.17, 15) is 34.8 Å². The lowest BCUT2D eigenvalue weighted by atomic mass is 9.85. The molecule has 9 N–H and O–H groups in total. The van der Waals surface area contributed by atoms with E-state index < -0.39 is 92.5 Å². The van der Waals surface area contributed by atoms with Crippen LogP contribution in [0.5, 0.6) is 0 Å². The van der Waals surface area contributed by atoms with Crippen LogP contribution in [0, 0.1) is 17.8 Å². The lowest BCUT2D eigenvalue weighted by molar-refractivity contribution is -0.292. The first-order valence-corrected chi connectivity index (χ1v) is 20.8. The van der Waals surface area contributed by atoms with Crippen LogP contribution in [0.3, 0.4) is 0 Å². The minimum atomic E-state index is -1.39. The minimum absolute atomic E-state index is 0.0973. The molecule has 1 saturated carbocycles. The van der Waals surface area contributed by atoms with E-state index in [2.05, 4.69) is 10.6 Å². The summed E-state index contributed by atoms with van der Waals surface area (Å²) in [5.41, 5.74) is 5.69. The first-order chi connectivity index (χ1) is 26.7. The Morgan fingerprint density at radius 2 is 1.70 bits per heavy atom. The summed E-state index contributed by atoms with van der Waals surface area (Å²) in [7, 11) is 0. The molecule has 3 aliphatic rings. The first-order valence-electron chi connectivity index (χ1n) is 20.8. The zero-order chi connectivity index (χ0) is 41.4. The molecule has 2 heterocycles. The van der Waals surface area contributed by atoms with Gasteiger partial charge in [0.15, 0.2) is 12.6 Å². The quantitative estimate of drug-likeness (QED) is 0.0562. The van der Waals surface area contributed by atoms with Gasteiger partial charge in [0, 0.05) is 39.0 Å². The number of hydrogen-bond donors (Lipinski definition) is 8. The standard InChI is InChI=1S/C39H72N4O13/c1-6-27(22-52-26(5)54-24(3)34(48)30(47)20-44)18-29(37(50)41-14-13-40)17-23(2)53-39-33(42-25(4)46)36(35(49)32(21-45)56-39)55-31(38(51)43-15-10-16-43)19-28-11-8-7-9-12-28/h23-24,26-36,39,44-45,47-49H,6-22,40H2,1-5H3,(H,41,50)(H,42,46)/t23-,24?,26+,27+,29?,30+,31-,32-,33?,34?,35?,36?,39+/m0/s1. The number of amides is 3. The molecule has 13 atom stereocenters. The van der Waals surface area contributed by atoms with Crippen molar-refractivity contribution in [2.45, 2.75) is 166 Å². The van der Waals surface area contributed by atoms with Gasteiger partial charge in [-0.3, -0.25) is 14.4 Å². The third-order valence-electron chi connectivity index (χ3n) is 11.3. The summed E-state index contributed by atoms with van der Waals surface area (Å²) in [6, 6.07) is -1.05. The number of nitrogens with two attached hydrogens (primary N) is 1. The molecule has 0 radical (unpaired) electrons. The number of nitrogens with one attached hydrogen (secondary N) is 2. The zero-order valence-corrected chi connectivity index (χ0v) is 34.1. The Hall–Kier alpha value is -2.03. The van der Waals surface area contributed by atoms with E-state index in [-0.39, 0.29) is 49.8 Å². The van der Waals surface area contributed by atoms with Crippen LogP contribution in [0.25, 0.3) is 0 Å². The summed E-state index contributed by atoms with van der Waals surface area (Å²) in [5.74, 6) is -1.19. The van der Waals surface area contributed by atoms with Gasteiger partial charge in [-0.05, 0) is 58.3 Å². The highest BCUT2D eigenvalue weighted by atomic mass is 16.7. The van der Waals surface area contributed by atoms with Crippen molar-refractivity contribution in [3.63, 3.8) is 0 Å². The van der Waals surface area contributed by atoms with Crippen molar-refractivity contribution < 1.29 is 63.6 Å². The van der Waals surface area contributed by atoms with Gasteiger partial charge in [-0.25, -0.2) is 0 Å². The van der Waals surface area contributed by atoms with E-state index in [1.807, 2.05) is 6.92 Å². The fourth-order valence-electron chi connectivity index (χ4n) is 7.81. The van der Waals surface area contributed by atoms with Gasteiger partial charge in [0.1, 0.15) is 42.7 Å². The highest BCUT2D eigenvalue weighted by molar-refractivity contribution is 5.81. The Morgan fingerprint density at radius 1 is 1.00 bits per heavy atom. The molecule has 3 rings (SSSR count). The second-order valence-electron chi connectivity index (χ2n) is 15.9. The van der Waals surface area contributed by atoms with E-state index >= 15 is 0 Å². The van der Waals surface area contributed by atoms with E-state index in [1.165, 1.54) is 6.92 Å². The van der Waals surface area contributed by atoms with Crippen LogP contribution < -0.4 is 16.4 Å². The van der Waals surface area contributed by atoms with Crippen molar-refractivity contribution >= 4 is 17.7 Å². The van der Waals surface area contributed by atoms with Crippen LogP contribution in [0.15, 0.2) is 0 Å². The Morgan fingerprint density at radius 3 is 2.27 bits per heavy atom. The normalized spacial score (nSPS) is 27.6. The number of aliphatic hydroxyl groups is 5. The summed E-state index contributed by atoms with van der Waals surface area (Å²) >= 11 is 0. The van der Waals surface area contributed by atoms with Gasteiger partial charge in [-0.2, -0.15) is 0 Å². The SMILES string of the molecule is CC[C@@H](CO[C@@H](C)OC(C)C(O)[C@H](O)CO)CC(C[C@H](C)O[C@@H]1O[C@@H](CO)C(O)C(O[C@@H](CC2CCCCC2)C(=O)N2CCC2)C1NC(C)=O)C(=O)NCCN. The summed E-state index contributed by atoms with van der Waals surface area (Å²) in [4.78, 5) is 41.6. The zero-order valence-electron chi connectivity index (χ0n) is 34.1. The monoisotopic (exact) mass is 805 g/mol. The highest BCUT2D eigenvalue weighted by Gasteiger charge is 2.49. The minimum Gasteiger partial charge on any atom is -0.394 e. The average molecular weight is 805 g/mol. The average Bonchev–Trinajstić information content (AvgIpc) is 3.15. The molecular formula is C39H72N4O13. The second-order valence-corrected chi connectivity index (χ2v) is 15.9. The molecule has 326 valence electrons. The molecule has 0 bridgehead atoms. The van der Waals surface area contributed by atoms with Gasteiger partial charge in [0.25, 0.3) is 5.91 Å². The van der Waals surface area contributed by atoms with E-state index in [4.69, 9.17) is 34.5 Å². The van der Waals surface area contributed by atoms with Crippen LogP contribution >= 0.6 is 0 Å². The largest absolute Gasteiger partial charge is 0.394 e. The van der Waals surface area contributed by atoms with E-state index in [0.29, 0.717) is 32.4 Å². The molecule has 17 heteroatoms. The fraction of sp³-hybridized carbons (Fsp3) is 0.923. The maximum absolute atomic E-state index is 13.7. The van der Waals surface area contributed by atoms with Crippen molar-refractivity contribution in [3.05, 3.63) is 0 Å². The Kier molecular flexibility index (Phi) is 21.4. The molecule has 1 aliphatic carbocycles. The summed E-state index contributed by atoms with van der Waals surface area (Å²) < 4.78 is 30.7. The van der Waals surface area contributed by atoms with Crippen molar-refractivity contribution in [1.82, 2.24) is 15.5 Å². The summed E-state index contributed by atoms with van der Waals surface area (Å²) in [6.07, 6.45) is -2.64. The van der Waals surface area contributed by atoms with E-state index in [1.54, 1.807) is 25.7 Å². The molecule has 6 unspecified atom stereocenters. The molecule has 0 aromatic carbocycles. The Bertz CT molecular complexity index is 1160. The van der Waals surface area contributed by atoms with Crippen molar-refractivity contribution in [2.75, 3.05) is 46.0 Å². The Labute approximate surface area is 332 Å². The topological polar surface area (TPSA) is 252 Å². The number of likely N-dealkylation sites (tertiary alicyclic amines) is 1. The van der Waals surface area contributed by atoms with Gasteiger partial charge < -0.3 is 70.5 Å². The van der Waals surface area contributed by atoms with Crippen LogP contribution in [-0.4, -0.2) is 162 Å². The number of hydrogen-bond acceptors (Lipinski definition) is 14. The Balaban J connectivity index is 1.76. The smallest absolute Gasteiger partial charge is 0.251 e. The molecular weight excluding hydrogens is 732 g/mol. The van der Waals surface area contributed by atoms with Crippen LogP contribution in [0.4, 0.5) is 0 Å². The number of carbonyl (C=O) groups is 3. The van der Waals surface area contributed by atoms with Gasteiger partial charge >= 0.3 is 0 Å². The molecule has 3 fully saturated rings. The van der Waals surface area contributed by atoms with Crippen LogP contribution in [0.1, 0.15) is 98.8 Å². The first kappa shape index (κ1) is 48.3. The van der Waals surface area contributed by atoms with Crippen LogP contribution in [-0.2, 0) is 38.1 Å². The maximum Gasteiger partial charge on any atom is 0.251 e. The molecule has 0 aromatic heterocycles. The molecule has 0 aromatic rings. The van der Waals surface area contributed by atoms with Gasteiger partial charge in [0.2, 0.25) is 11.8 Å². The molecule has 3 amide bonds.